The van der Waals surface area contributed by atoms with Crippen molar-refractivity contribution in [1.82, 2.24) is 0 Å². The summed E-state index contributed by atoms with van der Waals surface area (Å²) in [7, 11) is -3.51. The first-order valence-electron chi connectivity index (χ1n) is 5.82. The van der Waals surface area contributed by atoms with Crippen LogP contribution in [0.1, 0.15) is 30.4 Å². The maximum Gasteiger partial charge on any atom is 0.264 e. The Labute approximate surface area is 107 Å². The Hall–Kier alpha value is -1.20. The van der Waals surface area contributed by atoms with Gasteiger partial charge < -0.3 is 4.79 Å². The van der Waals surface area contributed by atoms with Gasteiger partial charge in [-0.3, -0.25) is 4.18 Å². The second kappa shape index (κ2) is 4.82. The number of rotatable bonds is 4. The van der Waals surface area contributed by atoms with Crippen molar-refractivity contribution < 1.29 is 17.4 Å². The summed E-state index contributed by atoms with van der Waals surface area (Å²) in [6.45, 7) is 1.51. The third kappa shape index (κ3) is 2.97. The van der Waals surface area contributed by atoms with Gasteiger partial charge in [-0.25, -0.2) is 0 Å². The van der Waals surface area contributed by atoms with Gasteiger partial charge in [-0.1, -0.05) is 24.3 Å². The van der Waals surface area contributed by atoms with E-state index in [0.717, 1.165) is 17.4 Å². The van der Waals surface area contributed by atoms with Crippen LogP contribution in [0.25, 0.3) is 0 Å². The maximum absolute atomic E-state index is 11.3. The van der Waals surface area contributed by atoms with E-state index in [1.54, 1.807) is 0 Å². The first-order valence-corrected chi connectivity index (χ1v) is 7.64. The van der Waals surface area contributed by atoms with Crippen molar-refractivity contribution in [3.05, 3.63) is 35.4 Å². The Morgan fingerprint density at radius 2 is 2.06 bits per heavy atom. The topological polar surface area (TPSA) is 60.4 Å². The summed E-state index contributed by atoms with van der Waals surface area (Å²) in [6, 6.07) is 7.70. The fourth-order valence-corrected chi connectivity index (χ4v) is 3.17. The fraction of sp³-hybridized carbons (Fsp3) is 0.462. The highest BCUT2D eigenvalue weighted by atomic mass is 32.2. The Bertz CT molecular complexity index is 562. The molecule has 0 heterocycles. The van der Waals surface area contributed by atoms with E-state index >= 15 is 0 Å². The first kappa shape index (κ1) is 13.2. The molecular formula is C13H16O4S. The van der Waals surface area contributed by atoms with Crippen LogP contribution in [-0.4, -0.2) is 26.6 Å². The molecule has 0 N–H and O–H groups in total. The van der Waals surface area contributed by atoms with Crippen molar-refractivity contribution >= 4 is 15.9 Å². The molecule has 1 aromatic rings. The first-order chi connectivity index (χ1) is 8.37. The van der Waals surface area contributed by atoms with Crippen LogP contribution in [0.4, 0.5) is 0 Å². The molecule has 0 saturated carbocycles. The molecule has 0 saturated heterocycles. The van der Waals surface area contributed by atoms with Crippen molar-refractivity contribution in [1.29, 1.82) is 0 Å². The highest BCUT2D eigenvalue weighted by Gasteiger charge is 2.35. The van der Waals surface area contributed by atoms with Gasteiger partial charge in [0.05, 0.1) is 12.4 Å². The van der Waals surface area contributed by atoms with E-state index in [0.29, 0.717) is 12.8 Å². The zero-order valence-corrected chi connectivity index (χ0v) is 11.2. The minimum absolute atomic E-state index is 0.0406. The van der Waals surface area contributed by atoms with Gasteiger partial charge >= 0.3 is 0 Å². The number of fused-ring (bicyclic) bond motifs is 1. The minimum Gasteiger partial charge on any atom is -0.300 e. The number of Topliss-reactive ketones (excluding diaryl/α,β-unsaturated/α-hetero) is 1. The van der Waals surface area contributed by atoms with Crippen LogP contribution in [0.2, 0.25) is 0 Å². The van der Waals surface area contributed by atoms with Crippen LogP contribution in [0, 0.1) is 0 Å². The van der Waals surface area contributed by atoms with Gasteiger partial charge in [-0.15, -0.1) is 0 Å². The second-order valence-corrected chi connectivity index (χ2v) is 6.36. The van der Waals surface area contributed by atoms with Gasteiger partial charge in [0.2, 0.25) is 0 Å². The summed E-state index contributed by atoms with van der Waals surface area (Å²) >= 11 is 0. The molecule has 0 aliphatic heterocycles. The molecule has 4 nitrogen and oxygen atoms in total. The lowest BCUT2D eigenvalue weighted by Gasteiger charge is -2.18. The molecule has 0 bridgehead atoms. The number of carbonyl (C=O) groups is 1. The normalized spacial score (nSPS) is 22.8. The van der Waals surface area contributed by atoms with Crippen molar-refractivity contribution in [2.45, 2.75) is 31.8 Å². The highest BCUT2D eigenvalue weighted by Crippen LogP contribution is 2.38. The molecular weight excluding hydrogens is 252 g/mol. The third-order valence-corrected chi connectivity index (χ3v) is 3.73. The molecule has 98 valence electrons. The van der Waals surface area contributed by atoms with Crippen LogP contribution < -0.4 is 0 Å². The summed E-state index contributed by atoms with van der Waals surface area (Å²) in [5.41, 5.74) is 2.10. The number of carbonyl (C=O) groups excluding carboxylic acids is 1. The van der Waals surface area contributed by atoms with Gasteiger partial charge in [0.15, 0.2) is 0 Å². The van der Waals surface area contributed by atoms with Crippen molar-refractivity contribution in [3.63, 3.8) is 0 Å². The molecule has 0 aromatic heterocycles. The number of hydrogen-bond donors (Lipinski definition) is 0. The predicted octanol–water partition coefficient (Wildman–Crippen LogP) is 1.65. The Morgan fingerprint density at radius 3 is 2.67 bits per heavy atom. The van der Waals surface area contributed by atoms with Crippen LogP contribution in [0.3, 0.4) is 0 Å². The molecule has 0 radical (unpaired) electrons. The smallest absolute Gasteiger partial charge is 0.264 e. The van der Waals surface area contributed by atoms with Gasteiger partial charge in [0.25, 0.3) is 10.1 Å². The average Bonchev–Trinajstić information content (AvgIpc) is 2.54. The standard InChI is InChI=1S/C13H16O4S/c1-9(14)7-12-11-6-4-3-5-10(11)8-13(12)17-18(2,15)16/h3-6,12-13H,7-8H2,1-2H3/t12-,13+/m1/s1. The summed E-state index contributed by atoms with van der Waals surface area (Å²) in [6.07, 6.45) is 1.44. The lowest BCUT2D eigenvalue weighted by Crippen LogP contribution is -2.23. The molecule has 18 heavy (non-hydrogen) atoms. The zero-order valence-electron chi connectivity index (χ0n) is 10.4. The molecule has 0 unspecified atom stereocenters. The monoisotopic (exact) mass is 268 g/mol. The minimum atomic E-state index is -3.51. The quantitative estimate of drug-likeness (QED) is 0.779. The molecule has 0 spiro atoms. The van der Waals surface area contributed by atoms with E-state index in [1.807, 2.05) is 24.3 Å². The molecule has 1 aliphatic rings. The van der Waals surface area contributed by atoms with Crippen LogP contribution in [-0.2, 0) is 25.5 Å². The third-order valence-electron chi connectivity index (χ3n) is 3.13. The van der Waals surface area contributed by atoms with Crippen LogP contribution >= 0.6 is 0 Å². The van der Waals surface area contributed by atoms with Gasteiger partial charge in [-0.05, 0) is 18.1 Å². The summed E-state index contributed by atoms with van der Waals surface area (Å²) in [4.78, 5) is 11.3. The average molecular weight is 268 g/mol. The fourth-order valence-electron chi connectivity index (χ4n) is 2.52. The highest BCUT2D eigenvalue weighted by molar-refractivity contribution is 7.86. The van der Waals surface area contributed by atoms with Gasteiger partial charge in [0.1, 0.15) is 5.78 Å². The summed E-state index contributed by atoms with van der Waals surface area (Å²) < 4.78 is 27.6. The molecule has 5 heteroatoms. The number of ketones is 1. The van der Waals surface area contributed by atoms with Crippen molar-refractivity contribution in [3.8, 4) is 0 Å². The maximum atomic E-state index is 11.3. The lowest BCUT2D eigenvalue weighted by atomic mass is 9.94. The van der Waals surface area contributed by atoms with Crippen LogP contribution in [0.5, 0.6) is 0 Å². The van der Waals surface area contributed by atoms with E-state index in [2.05, 4.69) is 0 Å². The molecule has 0 fully saturated rings. The molecule has 1 aliphatic carbocycles. The van der Waals surface area contributed by atoms with E-state index in [9.17, 15) is 13.2 Å². The summed E-state index contributed by atoms with van der Waals surface area (Å²) in [5.74, 6) is -0.118. The Balaban J connectivity index is 2.30. The van der Waals surface area contributed by atoms with E-state index in [1.165, 1.54) is 6.92 Å². The van der Waals surface area contributed by atoms with E-state index < -0.39 is 16.2 Å². The SMILES string of the molecule is CC(=O)C[C@@H]1c2ccccc2C[C@@H]1OS(C)(=O)=O. The van der Waals surface area contributed by atoms with Gasteiger partial charge in [0, 0.05) is 18.8 Å². The second-order valence-electron chi connectivity index (χ2n) is 4.75. The molecule has 2 rings (SSSR count). The summed E-state index contributed by atoms with van der Waals surface area (Å²) in [5, 5.41) is 0. The largest absolute Gasteiger partial charge is 0.300 e. The van der Waals surface area contributed by atoms with Crippen LogP contribution in [0.15, 0.2) is 24.3 Å². The lowest BCUT2D eigenvalue weighted by molar-refractivity contribution is -0.117. The Morgan fingerprint density at radius 1 is 1.39 bits per heavy atom. The zero-order chi connectivity index (χ0) is 13.3. The molecule has 1 aromatic carbocycles. The number of benzene rings is 1. The molecule has 2 atom stereocenters. The predicted molar refractivity (Wildman–Crippen MR) is 67.9 cm³/mol. The molecule has 0 amide bonds. The number of hydrogen-bond acceptors (Lipinski definition) is 4. The van der Waals surface area contributed by atoms with Crippen molar-refractivity contribution in [2.75, 3.05) is 6.26 Å². The Kier molecular flexibility index (Phi) is 3.54. The van der Waals surface area contributed by atoms with Crippen molar-refractivity contribution in [2.24, 2.45) is 0 Å². The van der Waals surface area contributed by atoms with E-state index in [-0.39, 0.29) is 11.7 Å². The van der Waals surface area contributed by atoms with E-state index in [4.69, 9.17) is 4.18 Å². The van der Waals surface area contributed by atoms with Gasteiger partial charge in [-0.2, -0.15) is 8.42 Å².